The van der Waals surface area contributed by atoms with Crippen molar-refractivity contribution in [3.05, 3.63) is 0 Å². The molecule has 0 bridgehead atoms. The van der Waals surface area contributed by atoms with Gasteiger partial charge >= 0.3 is 42.9 Å². The van der Waals surface area contributed by atoms with Crippen molar-refractivity contribution in [2.24, 2.45) is 0 Å². The van der Waals surface area contributed by atoms with Gasteiger partial charge in [0.2, 0.25) is 0 Å². The van der Waals surface area contributed by atoms with E-state index in [0.717, 1.165) is 0 Å². The molecule has 0 saturated heterocycles. The number of hydrogen-bond donors (Lipinski definition) is 0. The quantitative estimate of drug-likeness (QED) is 0.448. The summed E-state index contributed by atoms with van der Waals surface area (Å²) in [7, 11) is 0. The third kappa shape index (κ3) is 8.82. The normalized spacial score (nSPS) is 0. The summed E-state index contributed by atoms with van der Waals surface area (Å²) >= 11 is 0. The van der Waals surface area contributed by atoms with Crippen molar-refractivity contribution in [1.82, 2.24) is 0 Å². The topological polar surface area (TPSA) is 0 Å². The molecule has 0 saturated carbocycles. The van der Waals surface area contributed by atoms with E-state index in [1.165, 1.54) is 0 Å². The van der Waals surface area contributed by atoms with Crippen molar-refractivity contribution in [1.29, 1.82) is 0 Å². The Kier molecular flexibility index (Phi) is 141. The Balaban J connectivity index is 0. The average Bonchev–Trinajstić information content (AvgIpc) is 0. The van der Waals surface area contributed by atoms with Gasteiger partial charge in [0.1, 0.15) is 0 Å². The number of hydrogen-bond acceptors (Lipinski definition) is 0. The second-order valence-electron chi connectivity index (χ2n) is 0. The average molecular weight is 341 g/mol. The molecule has 0 aliphatic carbocycles. The minimum atomic E-state index is 0. The fourth-order valence-corrected chi connectivity index (χ4v) is 0. The summed E-state index contributed by atoms with van der Waals surface area (Å²) in [6.45, 7) is 0. The molecule has 0 nitrogen and oxygen atoms in total. The Morgan fingerprint density at radius 3 is 1.00 bits per heavy atom. The second-order valence-corrected chi connectivity index (χ2v) is 0. The van der Waals surface area contributed by atoms with E-state index in [1.807, 2.05) is 0 Å². The first-order valence-corrected chi connectivity index (χ1v) is 0. The van der Waals surface area contributed by atoms with Crippen LogP contribution in [0.15, 0.2) is 0 Å². The van der Waals surface area contributed by atoms with Gasteiger partial charge in [-0.15, -0.1) is 0 Å². The van der Waals surface area contributed by atoms with Crippen LogP contribution in [-0.4, -0.2) is 42.9 Å². The van der Waals surface area contributed by atoms with Gasteiger partial charge in [0.25, 0.3) is 0 Å². The van der Waals surface area contributed by atoms with Crippen molar-refractivity contribution < 1.29 is 22.4 Å². The first-order chi connectivity index (χ1) is 0. The van der Waals surface area contributed by atoms with Crippen molar-refractivity contribution >= 4 is 56.4 Å². The fourth-order valence-electron chi connectivity index (χ4n) is 0. The standard InChI is InChI=1S/Ag.In.H2S.H2Se.3H/h;;2*1H2;;;. The molecule has 0 aromatic rings. The molecule has 0 fully saturated rings. The first kappa shape index (κ1) is 31.6. The molecule has 0 aromatic carbocycles. The van der Waals surface area contributed by atoms with Gasteiger partial charge in [-0.1, -0.05) is 0 Å². The summed E-state index contributed by atoms with van der Waals surface area (Å²) in [6, 6.07) is 0. The molecule has 0 aliphatic heterocycles. The first-order valence-electron chi connectivity index (χ1n) is 0. The van der Waals surface area contributed by atoms with E-state index < -0.39 is 0 Å². The molecule has 0 aliphatic rings. The Hall–Kier alpha value is 2.48. The van der Waals surface area contributed by atoms with Crippen LogP contribution in [0.25, 0.3) is 0 Å². The van der Waals surface area contributed by atoms with E-state index in [2.05, 4.69) is 0 Å². The monoisotopic (exact) mass is 341 g/mol. The van der Waals surface area contributed by atoms with E-state index in [0.29, 0.717) is 0 Å². The summed E-state index contributed by atoms with van der Waals surface area (Å²) in [6.07, 6.45) is 0. The van der Waals surface area contributed by atoms with E-state index in [4.69, 9.17) is 0 Å². The molecule has 0 rings (SSSR count). The summed E-state index contributed by atoms with van der Waals surface area (Å²) < 4.78 is 0. The van der Waals surface area contributed by atoms with E-state index >= 15 is 0 Å². The SMILES string of the molecule is S.[Ag].[InH3].[SeH2]. The molecule has 0 heterocycles. The molecular weight excluding hydrogens is 334 g/mol. The maximum atomic E-state index is 0. The molecule has 33 valence electrons. The summed E-state index contributed by atoms with van der Waals surface area (Å²) in [4.78, 5) is 0. The molecule has 0 aromatic heterocycles. The molecule has 0 unspecified atom stereocenters. The van der Waals surface area contributed by atoms with Gasteiger partial charge in [-0.3, -0.25) is 0 Å². The summed E-state index contributed by atoms with van der Waals surface area (Å²) in [5.74, 6) is 0. The zero-order valence-electron chi connectivity index (χ0n) is 1.30. The van der Waals surface area contributed by atoms with E-state index in [9.17, 15) is 0 Å². The van der Waals surface area contributed by atoms with Crippen molar-refractivity contribution in [3.63, 3.8) is 0 Å². The van der Waals surface area contributed by atoms with Crippen LogP contribution in [0, 0.1) is 0 Å². The predicted molar refractivity (Wildman–Crippen MR) is 28.9 cm³/mol. The van der Waals surface area contributed by atoms with Crippen LogP contribution in [0.2, 0.25) is 0 Å². The molecule has 0 amide bonds. The number of rotatable bonds is 0. The van der Waals surface area contributed by atoms with Gasteiger partial charge in [0.05, 0.1) is 0 Å². The molecule has 0 spiro atoms. The Labute approximate surface area is 77.7 Å². The van der Waals surface area contributed by atoms with Gasteiger partial charge in [-0.05, 0) is 0 Å². The summed E-state index contributed by atoms with van der Waals surface area (Å²) in [5.41, 5.74) is 0. The fraction of sp³-hybridized carbons (Fsp3) is 0. The Morgan fingerprint density at radius 2 is 1.00 bits per heavy atom. The van der Waals surface area contributed by atoms with Crippen LogP contribution in [0.3, 0.4) is 0 Å². The van der Waals surface area contributed by atoms with E-state index in [1.54, 1.807) is 0 Å². The summed E-state index contributed by atoms with van der Waals surface area (Å²) in [5, 5.41) is 0. The molecule has 4 heavy (non-hydrogen) atoms. The molecular formula is H7AgInSSe. The van der Waals surface area contributed by atoms with Crippen LogP contribution in [0.1, 0.15) is 0 Å². The van der Waals surface area contributed by atoms with Crippen LogP contribution in [0.5, 0.6) is 0 Å². The van der Waals surface area contributed by atoms with Crippen LogP contribution >= 0.6 is 13.5 Å². The predicted octanol–water partition coefficient (Wildman–Crippen LogP) is -1.99. The van der Waals surface area contributed by atoms with Crippen LogP contribution < -0.4 is 0 Å². The zero-order valence-corrected chi connectivity index (χ0v) is 5.88. The van der Waals surface area contributed by atoms with Crippen LogP contribution in [0.4, 0.5) is 0 Å². The maximum absolute atomic E-state index is 0. The molecule has 0 atom stereocenters. The van der Waals surface area contributed by atoms with Gasteiger partial charge in [0.15, 0.2) is 0 Å². The van der Waals surface area contributed by atoms with Gasteiger partial charge in [0, 0.05) is 22.4 Å². The van der Waals surface area contributed by atoms with Crippen molar-refractivity contribution in [3.8, 4) is 0 Å². The second kappa shape index (κ2) is 17.9. The van der Waals surface area contributed by atoms with Gasteiger partial charge in [-0.2, -0.15) is 13.5 Å². The zero-order chi connectivity index (χ0) is 0. The van der Waals surface area contributed by atoms with E-state index in [-0.39, 0.29) is 78.8 Å². The van der Waals surface area contributed by atoms with Crippen molar-refractivity contribution in [2.45, 2.75) is 0 Å². The molecule has 1 radical (unpaired) electrons. The van der Waals surface area contributed by atoms with Crippen LogP contribution in [-0.2, 0) is 22.4 Å². The third-order valence-corrected chi connectivity index (χ3v) is 0. The van der Waals surface area contributed by atoms with Gasteiger partial charge in [-0.25, -0.2) is 0 Å². The minimum absolute atomic E-state index is 0. The van der Waals surface area contributed by atoms with Crippen molar-refractivity contribution in [2.75, 3.05) is 0 Å². The molecule has 0 N–H and O–H groups in total. The Bertz CT molecular complexity index is 8.00. The molecule has 4 heteroatoms. The van der Waals surface area contributed by atoms with Gasteiger partial charge < -0.3 is 0 Å². The Morgan fingerprint density at radius 1 is 1.00 bits per heavy atom. The third-order valence-electron chi connectivity index (χ3n) is 0.